The third-order valence-electron chi connectivity index (χ3n) is 17.9. The van der Waals surface area contributed by atoms with Crippen molar-refractivity contribution < 1.29 is 80.2 Å². The van der Waals surface area contributed by atoms with E-state index in [9.17, 15) is 43.2 Å². The van der Waals surface area contributed by atoms with E-state index in [0.717, 1.165) is 89.9 Å². The van der Waals surface area contributed by atoms with Gasteiger partial charge in [0.05, 0.1) is 26.4 Å². The maximum absolute atomic E-state index is 13.1. The summed E-state index contributed by atoms with van der Waals surface area (Å²) in [5.74, 6) is -2.11. The van der Waals surface area contributed by atoms with E-state index in [0.29, 0.717) is 25.7 Å². The van der Waals surface area contributed by atoms with Crippen LogP contribution in [0.3, 0.4) is 0 Å². The topological polar surface area (TPSA) is 237 Å². The molecular formula is C76H148O17P2. The molecule has 3 N–H and O–H groups in total. The summed E-state index contributed by atoms with van der Waals surface area (Å²) in [5, 5.41) is 10.6. The van der Waals surface area contributed by atoms with Gasteiger partial charge in [0.15, 0.2) is 12.2 Å². The molecule has 0 aliphatic heterocycles. The molecule has 17 nitrogen and oxygen atoms in total. The van der Waals surface area contributed by atoms with Gasteiger partial charge in [0.25, 0.3) is 0 Å². The molecule has 0 rings (SSSR count). The predicted octanol–water partition coefficient (Wildman–Crippen LogP) is 22.6. The number of carbonyl (C=O) groups excluding carboxylic acids is 4. The number of rotatable bonds is 77. The Morgan fingerprint density at radius 1 is 0.253 bits per heavy atom. The van der Waals surface area contributed by atoms with E-state index < -0.39 is 97.5 Å². The van der Waals surface area contributed by atoms with Crippen molar-refractivity contribution in [3.8, 4) is 0 Å². The number of ether oxygens (including phenoxy) is 4. The smallest absolute Gasteiger partial charge is 0.462 e. The van der Waals surface area contributed by atoms with Crippen LogP contribution in [0, 0.1) is 0 Å². The minimum atomic E-state index is -4.95. The number of hydrogen-bond donors (Lipinski definition) is 3. The second-order valence-corrected chi connectivity index (χ2v) is 30.3. The number of phosphoric acid groups is 2. The Kier molecular flexibility index (Phi) is 69.1. The van der Waals surface area contributed by atoms with Gasteiger partial charge in [-0.15, -0.1) is 0 Å². The molecule has 0 radical (unpaired) electrons. The van der Waals surface area contributed by atoms with Crippen molar-refractivity contribution >= 4 is 39.5 Å². The van der Waals surface area contributed by atoms with Crippen LogP contribution in [0.25, 0.3) is 0 Å². The molecular weight excluding hydrogens is 1250 g/mol. The summed E-state index contributed by atoms with van der Waals surface area (Å²) < 4.78 is 68.5. The zero-order chi connectivity index (χ0) is 69.7. The molecule has 0 saturated heterocycles. The average Bonchev–Trinajstić information content (AvgIpc) is 2.09. The lowest BCUT2D eigenvalue weighted by molar-refractivity contribution is -0.161. The van der Waals surface area contributed by atoms with Crippen LogP contribution in [0.5, 0.6) is 0 Å². The Bertz CT molecular complexity index is 1810. The van der Waals surface area contributed by atoms with E-state index in [1.807, 2.05) is 0 Å². The van der Waals surface area contributed by atoms with E-state index in [4.69, 9.17) is 37.0 Å². The zero-order valence-corrected chi connectivity index (χ0v) is 63.4. The van der Waals surface area contributed by atoms with Gasteiger partial charge in [-0.2, -0.15) is 0 Å². The van der Waals surface area contributed by atoms with Gasteiger partial charge in [-0.3, -0.25) is 37.3 Å². The highest BCUT2D eigenvalue weighted by Crippen LogP contribution is 2.45. The molecule has 95 heavy (non-hydrogen) atoms. The molecule has 0 aliphatic rings. The second-order valence-electron chi connectivity index (χ2n) is 27.4. The van der Waals surface area contributed by atoms with Gasteiger partial charge in [0.2, 0.25) is 0 Å². The van der Waals surface area contributed by atoms with E-state index >= 15 is 0 Å². The standard InChI is InChI=1S/C76H148O17P2/c1-5-9-13-17-21-25-29-30-31-32-33-34-35-36-37-38-39-43-47-51-55-59-63-76(81)93-72(67-87-74(79)61-57-53-49-45-41-27-23-19-15-11-7-3)69-91-95(84,85)89-65-70(77)64-88-94(82,83)90-68-71(92-75(80)62-58-54-50-46-42-28-24-20-16-12-8-4)66-86-73(78)60-56-52-48-44-40-26-22-18-14-10-6-2/h70-72,77H,5-69H2,1-4H3,(H,82,83)(H,84,85)/t70-,71+,72+/m0/s1. The molecule has 0 fully saturated rings. The van der Waals surface area contributed by atoms with Gasteiger partial charge in [-0.25, -0.2) is 9.13 Å². The highest BCUT2D eigenvalue weighted by molar-refractivity contribution is 7.47. The maximum atomic E-state index is 13.1. The summed E-state index contributed by atoms with van der Waals surface area (Å²) >= 11 is 0. The first kappa shape index (κ1) is 93.1. The molecule has 0 saturated carbocycles. The van der Waals surface area contributed by atoms with Crippen LogP contribution in [-0.4, -0.2) is 96.7 Å². The van der Waals surface area contributed by atoms with Gasteiger partial charge < -0.3 is 33.8 Å². The van der Waals surface area contributed by atoms with E-state index in [1.165, 1.54) is 238 Å². The third kappa shape index (κ3) is 70.3. The quantitative estimate of drug-likeness (QED) is 0.0222. The summed E-state index contributed by atoms with van der Waals surface area (Å²) in [6.07, 6.45) is 61.1. The first-order chi connectivity index (χ1) is 46.2. The predicted molar refractivity (Wildman–Crippen MR) is 386 cm³/mol. The van der Waals surface area contributed by atoms with Crippen LogP contribution in [0.15, 0.2) is 0 Å². The van der Waals surface area contributed by atoms with Crippen LogP contribution in [0.2, 0.25) is 0 Å². The SMILES string of the molecule is CCCCCCCCCCCCCCCCCCCCCCCCC(=O)O[C@H](COC(=O)CCCCCCCCCCCCC)COP(=O)(O)OC[C@@H](O)COP(=O)(O)OC[C@@H](COC(=O)CCCCCCCCCCCCC)OC(=O)CCCCCCCCCCCCC. The normalized spacial score (nSPS) is 13.9. The van der Waals surface area contributed by atoms with E-state index in [2.05, 4.69) is 27.7 Å². The van der Waals surface area contributed by atoms with Crippen molar-refractivity contribution in [1.82, 2.24) is 0 Å². The zero-order valence-electron chi connectivity index (χ0n) is 61.6. The summed E-state index contributed by atoms with van der Waals surface area (Å²) in [5.41, 5.74) is 0. The molecule has 0 aliphatic carbocycles. The first-order valence-corrected chi connectivity index (χ1v) is 42.8. The van der Waals surface area contributed by atoms with Gasteiger partial charge >= 0.3 is 39.5 Å². The Morgan fingerprint density at radius 2 is 0.421 bits per heavy atom. The minimum absolute atomic E-state index is 0.108. The van der Waals surface area contributed by atoms with Crippen LogP contribution in [0.1, 0.15) is 407 Å². The Morgan fingerprint density at radius 3 is 0.621 bits per heavy atom. The molecule has 5 atom stereocenters. The molecule has 0 bridgehead atoms. The first-order valence-electron chi connectivity index (χ1n) is 39.8. The van der Waals surface area contributed by atoms with Crippen LogP contribution >= 0.6 is 15.6 Å². The number of carbonyl (C=O) groups is 4. The van der Waals surface area contributed by atoms with E-state index in [-0.39, 0.29) is 25.7 Å². The number of esters is 4. The molecule has 0 heterocycles. The number of aliphatic hydroxyl groups is 1. The largest absolute Gasteiger partial charge is 0.472 e. The van der Waals surface area contributed by atoms with E-state index in [1.54, 1.807) is 0 Å². The van der Waals surface area contributed by atoms with Crippen molar-refractivity contribution in [1.29, 1.82) is 0 Å². The Balaban J connectivity index is 5.15. The molecule has 0 aromatic carbocycles. The molecule has 2 unspecified atom stereocenters. The number of unbranched alkanes of at least 4 members (excludes halogenated alkanes) is 51. The summed E-state index contributed by atoms with van der Waals surface area (Å²) in [4.78, 5) is 72.7. The monoisotopic (exact) mass is 1400 g/mol. The van der Waals surface area contributed by atoms with Crippen molar-refractivity contribution in [2.45, 2.75) is 425 Å². The van der Waals surface area contributed by atoms with Crippen LogP contribution in [-0.2, 0) is 65.4 Å². The number of aliphatic hydroxyl groups excluding tert-OH is 1. The van der Waals surface area contributed by atoms with Gasteiger partial charge in [-0.1, -0.05) is 355 Å². The highest BCUT2D eigenvalue weighted by Gasteiger charge is 2.30. The van der Waals surface area contributed by atoms with Crippen molar-refractivity contribution in [2.24, 2.45) is 0 Å². The van der Waals surface area contributed by atoms with Crippen molar-refractivity contribution in [3.05, 3.63) is 0 Å². The minimum Gasteiger partial charge on any atom is -0.462 e. The van der Waals surface area contributed by atoms with Crippen LogP contribution in [0.4, 0.5) is 0 Å². The third-order valence-corrected chi connectivity index (χ3v) is 19.8. The molecule has 564 valence electrons. The fraction of sp³-hybridized carbons (Fsp3) is 0.947. The van der Waals surface area contributed by atoms with Crippen molar-refractivity contribution in [2.75, 3.05) is 39.6 Å². The number of hydrogen-bond acceptors (Lipinski definition) is 15. The Labute approximate surface area is 581 Å². The van der Waals surface area contributed by atoms with Crippen LogP contribution < -0.4 is 0 Å². The lowest BCUT2D eigenvalue weighted by Gasteiger charge is -2.21. The fourth-order valence-electron chi connectivity index (χ4n) is 11.8. The number of phosphoric ester groups is 2. The molecule has 0 amide bonds. The highest BCUT2D eigenvalue weighted by atomic mass is 31.2. The second kappa shape index (κ2) is 70.5. The summed E-state index contributed by atoms with van der Waals surface area (Å²) in [6.45, 7) is 4.97. The Hall–Kier alpha value is -1.94. The molecule has 0 spiro atoms. The van der Waals surface area contributed by atoms with Gasteiger partial charge in [0, 0.05) is 25.7 Å². The molecule has 0 aromatic rings. The van der Waals surface area contributed by atoms with Crippen molar-refractivity contribution in [3.63, 3.8) is 0 Å². The molecule has 0 aromatic heterocycles. The average molecular weight is 1400 g/mol. The lowest BCUT2D eigenvalue weighted by atomic mass is 10.0. The molecule has 19 heteroatoms. The van der Waals surface area contributed by atoms with Gasteiger partial charge in [0.1, 0.15) is 19.3 Å². The van der Waals surface area contributed by atoms with Gasteiger partial charge in [-0.05, 0) is 25.7 Å². The fourth-order valence-corrected chi connectivity index (χ4v) is 13.3. The lowest BCUT2D eigenvalue weighted by Crippen LogP contribution is -2.30. The summed E-state index contributed by atoms with van der Waals surface area (Å²) in [6, 6.07) is 0. The maximum Gasteiger partial charge on any atom is 0.472 e. The summed E-state index contributed by atoms with van der Waals surface area (Å²) in [7, 11) is -9.90.